The minimum atomic E-state index is -0.136. The smallest absolute Gasteiger partial charge is 0.238 e. The van der Waals surface area contributed by atoms with Gasteiger partial charge in [-0.2, -0.15) is 0 Å². The average molecular weight is 460 g/mol. The Morgan fingerprint density at radius 1 is 0.912 bits per heavy atom. The van der Waals surface area contributed by atoms with Crippen molar-refractivity contribution in [1.82, 2.24) is 4.90 Å². The molecule has 0 unspecified atom stereocenters. The van der Waals surface area contributed by atoms with E-state index in [9.17, 15) is 9.59 Å². The number of amides is 2. The molecule has 7 heteroatoms. The Hall–Kier alpha value is -3.84. The van der Waals surface area contributed by atoms with E-state index in [2.05, 4.69) is 27.7 Å². The van der Waals surface area contributed by atoms with Crippen molar-refractivity contribution in [3.63, 3.8) is 0 Å². The second-order valence-corrected chi connectivity index (χ2v) is 8.25. The van der Waals surface area contributed by atoms with Crippen LogP contribution in [0.3, 0.4) is 0 Å². The van der Waals surface area contributed by atoms with E-state index in [1.165, 1.54) is 12.5 Å². The van der Waals surface area contributed by atoms with Crippen molar-refractivity contribution >= 4 is 23.2 Å². The third-order valence-electron chi connectivity index (χ3n) is 5.92. The molecule has 2 amide bonds. The first kappa shape index (κ1) is 23.3. The molecule has 34 heavy (non-hydrogen) atoms. The van der Waals surface area contributed by atoms with E-state index in [-0.39, 0.29) is 24.4 Å². The summed E-state index contributed by atoms with van der Waals surface area (Å²) in [6.45, 7) is 2.43. The van der Waals surface area contributed by atoms with Crippen LogP contribution in [0.1, 0.15) is 29.7 Å². The van der Waals surface area contributed by atoms with Gasteiger partial charge in [-0.3, -0.25) is 14.5 Å². The molecule has 176 valence electrons. The Morgan fingerprint density at radius 2 is 1.53 bits per heavy atom. The highest BCUT2D eigenvalue weighted by Gasteiger charge is 2.31. The highest BCUT2D eigenvalue weighted by molar-refractivity contribution is 5.93. The monoisotopic (exact) mass is 459 g/mol. The van der Waals surface area contributed by atoms with Gasteiger partial charge < -0.3 is 20.1 Å². The lowest BCUT2D eigenvalue weighted by Crippen LogP contribution is -2.41. The number of rotatable bonds is 7. The molecule has 1 aliphatic rings. The number of nitrogens with zero attached hydrogens (tertiary/aromatic N) is 1. The van der Waals surface area contributed by atoms with E-state index >= 15 is 0 Å². The van der Waals surface area contributed by atoms with Crippen LogP contribution in [0.5, 0.6) is 11.5 Å². The normalized spacial score (nSPS) is 15.2. The topological polar surface area (TPSA) is 79.9 Å². The summed E-state index contributed by atoms with van der Waals surface area (Å²) in [5.41, 5.74) is 4.79. The largest absolute Gasteiger partial charge is 0.493 e. The van der Waals surface area contributed by atoms with Gasteiger partial charge in [0.2, 0.25) is 11.8 Å². The predicted molar refractivity (Wildman–Crippen MR) is 132 cm³/mol. The lowest BCUT2D eigenvalue weighted by Gasteiger charge is -2.37. The molecule has 0 bridgehead atoms. The maximum absolute atomic E-state index is 13.0. The van der Waals surface area contributed by atoms with Gasteiger partial charge in [0.05, 0.1) is 26.8 Å². The Kier molecular flexibility index (Phi) is 7.13. The van der Waals surface area contributed by atoms with E-state index in [1.807, 2.05) is 30.3 Å². The SMILES string of the molecule is COc1cc2c(cc1OC)[C@@H](c1ccccc1)N(CC(=O)Nc1ccc(NC(C)=O)cc1)CC2. The minimum Gasteiger partial charge on any atom is -0.493 e. The Bertz CT molecular complexity index is 1160. The van der Waals surface area contributed by atoms with Gasteiger partial charge in [-0.05, 0) is 59.5 Å². The fraction of sp³-hybridized carbons (Fsp3) is 0.259. The van der Waals surface area contributed by atoms with Gasteiger partial charge in [0.1, 0.15) is 0 Å². The summed E-state index contributed by atoms with van der Waals surface area (Å²) >= 11 is 0. The van der Waals surface area contributed by atoms with Crippen LogP contribution in [-0.4, -0.2) is 44.0 Å². The number of methoxy groups -OCH3 is 2. The number of fused-ring (bicyclic) bond motifs is 1. The maximum atomic E-state index is 13.0. The number of benzene rings is 3. The van der Waals surface area contributed by atoms with Crippen LogP contribution in [-0.2, 0) is 16.0 Å². The molecule has 0 aromatic heterocycles. The van der Waals surface area contributed by atoms with Gasteiger partial charge in [0.15, 0.2) is 11.5 Å². The molecule has 0 spiro atoms. The van der Waals surface area contributed by atoms with Crippen LogP contribution in [0.4, 0.5) is 11.4 Å². The summed E-state index contributed by atoms with van der Waals surface area (Å²) in [7, 11) is 3.27. The summed E-state index contributed by atoms with van der Waals surface area (Å²) in [5, 5.41) is 5.69. The lowest BCUT2D eigenvalue weighted by molar-refractivity contribution is -0.118. The van der Waals surface area contributed by atoms with Gasteiger partial charge in [-0.25, -0.2) is 0 Å². The summed E-state index contributed by atoms with van der Waals surface area (Å²) in [5.74, 6) is 1.15. The van der Waals surface area contributed by atoms with Crippen LogP contribution in [0.2, 0.25) is 0 Å². The first-order valence-corrected chi connectivity index (χ1v) is 11.2. The quantitative estimate of drug-likeness (QED) is 0.552. The van der Waals surface area contributed by atoms with Gasteiger partial charge in [-0.15, -0.1) is 0 Å². The number of hydrogen-bond acceptors (Lipinski definition) is 5. The molecule has 4 rings (SSSR count). The van der Waals surface area contributed by atoms with E-state index in [0.29, 0.717) is 22.9 Å². The van der Waals surface area contributed by atoms with Crippen molar-refractivity contribution in [2.75, 3.05) is 37.9 Å². The first-order valence-electron chi connectivity index (χ1n) is 11.2. The highest BCUT2D eigenvalue weighted by Crippen LogP contribution is 2.40. The van der Waals surface area contributed by atoms with Crippen molar-refractivity contribution < 1.29 is 19.1 Å². The maximum Gasteiger partial charge on any atom is 0.238 e. The van der Waals surface area contributed by atoms with Crippen LogP contribution in [0.25, 0.3) is 0 Å². The van der Waals surface area contributed by atoms with Crippen LogP contribution in [0.15, 0.2) is 66.7 Å². The molecule has 2 N–H and O–H groups in total. The molecule has 1 aliphatic heterocycles. The van der Waals surface area contributed by atoms with Crippen molar-refractivity contribution in [1.29, 1.82) is 0 Å². The van der Waals surface area contributed by atoms with Crippen LogP contribution >= 0.6 is 0 Å². The zero-order valence-corrected chi connectivity index (χ0v) is 19.6. The van der Waals surface area contributed by atoms with Gasteiger partial charge >= 0.3 is 0 Å². The molecule has 3 aromatic carbocycles. The molecule has 0 saturated carbocycles. The molecule has 0 aliphatic carbocycles. The molecule has 3 aromatic rings. The van der Waals surface area contributed by atoms with Crippen molar-refractivity contribution in [2.24, 2.45) is 0 Å². The van der Waals surface area contributed by atoms with Gasteiger partial charge in [-0.1, -0.05) is 30.3 Å². The molecular weight excluding hydrogens is 430 g/mol. The first-order chi connectivity index (χ1) is 16.5. The second kappa shape index (κ2) is 10.4. The molecule has 1 heterocycles. The van der Waals surface area contributed by atoms with Crippen molar-refractivity contribution in [2.45, 2.75) is 19.4 Å². The number of carbonyl (C=O) groups is 2. The van der Waals surface area contributed by atoms with Crippen molar-refractivity contribution in [3.05, 3.63) is 83.4 Å². The lowest BCUT2D eigenvalue weighted by atomic mass is 9.87. The molecule has 0 fully saturated rings. The van der Waals surface area contributed by atoms with E-state index in [0.717, 1.165) is 24.1 Å². The molecule has 0 saturated heterocycles. The molecular formula is C27H29N3O4. The van der Waals surface area contributed by atoms with E-state index < -0.39 is 0 Å². The average Bonchev–Trinajstić information content (AvgIpc) is 2.84. The zero-order valence-electron chi connectivity index (χ0n) is 19.6. The summed E-state index contributed by atoms with van der Waals surface area (Å²) in [6, 6.07) is 21.3. The summed E-state index contributed by atoms with van der Waals surface area (Å²) < 4.78 is 11.1. The molecule has 1 atom stereocenters. The van der Waals surface area contributed by atoms with E-state index in [4.69, 9.17) is 9.47 Å². The van der Waals surface area contributed by atoms with Gasteiger partial charge in [0, 0.05) is 24.8 Å². The highest BCUT2D eigenvalue weighted by atomic mass is 16.5. The number of carbonyl (C=O) groups excluding carboxylic acids is 2. The van der Waals surface area contributed by atoms with Crippen LogP contribution < -0.4 is 20.1 Å². The Morgan fingerprint density at radius 3 is 2.15 bits per heavy atom. The zero-order chi connectivity index (χ0) is 24.1. The Labute approximate surface area is 199 Å². The number of anilines is 2. The molecule has 0 radical (unpaired) electrons. The molecule has 7 nitrogen and oxygen atoms in total. The fourth-order valence-corrected chi connectivity index (χ4v) is 4.42. The standard InChI is InChI=1S/C27H29N3O4/c1-18(31)28-21-9-11-22(12-10-21)29-26(32)17-30-14-13-20-15-24(33-2)25(34-3)16-23(20)27(30)19-7-5-4-6-8-19/h4-12,15-16,27H,13-14,17H2,1-3H3,(H,28,31)(H,29,32)/t27-/m1/s1. The third kappa shape index (κ3) is 5.21. The predicted octanol–water partition coefficient (Wildman–Crippen LogP) is 4.25. The van der Waals surface area contributed by atoms with E-state index in [1.54, 1.807) is 38.5 Å². The second-order valence-electron chi connectivity index (χ2n) is 8.25. The summed E-state index contributed by atoms with van der Waals surface area (Å²) in [4.78, 5) is 26.4. The van der Waals surface area contributed by atoms with Crippen molar-refractivity contribution in [3.8, 4) is 11.5 Å². The third-order valence-corrected chi connectivity index (χ3v) is 5.92. The number of hydrogen-bond donors (Lipinski definition) is 2. The summed E-state index contributed by atoms with van der Waals surface area (Å²) in [6.07, 6.45) is 0.803. The van der Waals surface area contributed by atoms with Gasteiger partial charge in [0.25, 0.3) is 0 Å². The fourth-order valence-electron chi connectivity index (χ4n) is 4.42. The van der Waals surface area contributed by atoms with Crippen LogP contribution in [0, 0.1) is 0 Å². The Balaban J connectivity index is 1.57. The minimum absolute atomic E-state index is 0.0855. The number of nitrogens with one attached hydrogen (secondary N) is 2. The number of ether oxygens (including phenoxy) is 2.